The van der Waals surface area contributed by atoms with Gasteiger partial charge in [0.25, 0.3) is 0 Å². The molecule has 1 heterocycles. The SMILES string of the molecule is COC(COC(=O)N1CCC(O)(Cc2ccccc2)CC1)c1ccccc1. The van der Waals surface area contributed by atoms with Gasteiger partial charge in [-0.1, -0.05) is 60.7 Å². The van der Waals surface area contributed by atoms with E-state index in [0.29, 0.717) is 32.4 Å². The number of ether oxygens (including phenoxy) is 2. The first-order valence-electron chi connectivity index (χ1n) is 9.35. The number of hydrogen-bond donors (Lipinski definition) is 1. The highest BCUT2D eigenvalue weighted by Crippen LogP contribution is 2.27. The molecule has 1 aliphatic rings. The quantitative estimate of drug-likeness (QED) is 0.846. The predicted molar refractivity (Wildman–Crippen MR) is 103 cm³/mol. The summed E-state index contributed by atoms with van der Waals surface area (Å²) in [6.07, 6.45) is 1.06. The molecule has 5 heteroatoms. The van der Waals surface area contributed by atoms with Gasteiger partial charge in [0.05, 0.1) is 5.60 Å². The van der Waals surface area contributed by atoms with Crippen molar-refractivity contribution in [2.24, 2.45) is 0 Å². The number of likely N-dealkylation sites (tertiary alicyclic amines) is 1. The highest BCUT2D eigenvalue weighted by molar-refractivity contribution is 5.67. The smallest absolute Gasteiger partial charge is 0.409 e. The summed E-state index contributed by atoms with van der Waals surface area (Å²) in [5.74, 6) is 0. The number of carbonyl (C=O) groups is 1. The van der Waals surface area contributed by atoms with E-state index < -0.39 is 5.60 Å². The molecule has 1 N–H and O–H groups in total. The second-order valence-electron chi connectivity index (χ2n) is 7.09. The number of hydrogen-bond acceptors (Lipinski definition) is 4. The number of piperidine rings is 1. The molecule has 27 heavy (non-hydrogen) atoms. The fraction of sp³-hybridized carbons (Fsp3) is 0.409. The molecule has 0 radical (unpaired) electrons. The van der Waals surface area contributed by atoms with E-state index in [0.717, 1.165) is 11.1 Å². The summed E-state index contributed by atoms with van der Waals surface area (Å²) in [5.41, 5.74) is 1.32. The van der Waals surface area contributed by atoms with Gasteiger partial charge >= 0.3 is 6.09 Å². The Hall–Kier alpha value is -2.37. The Labute approximate surface area is 160 Å². The fourth-order valence-corrected chi connectivity index (χ4v) is 3.46. The summed E-state index contributed by atoms with van der Waals surface area (Å²) in [6, 6.07) is 19.7. The maximum atomic E-state index is 12.4. The summed E-state index contributed by atoms with van der Waals surface area (Å²) in [4.78, 5) is 14.0. The van der Waals surface area contributed by atoms with E-state index >= 15 is 0 Å². The molecule has 0 spiro atoms. The third-order valence-electron chi connectivity index (χ3n) is 5.14. The maximum Gasteiger partial charge on any atom is 0.409 e. The lowest BCUT2D eigenvalue weighted by molar-refractivity contribution is -0.0266. The van der Waals surface area contributed by atoms with Gasteiger partial charge in [-0.2, -0.15) is 0 Å². The first-order valence-corrected chi connectivity index (χ1v) is 9.35. The molecule has 1 unspecified atom stereocenters. The van der Waals surface area contributed by atoms with Crippen LogP contribution in [0.4, 0.5) is 4.79 Å². The van der Waals surface area contributed by atoms with Crippen LogP contribution >= 0.6 is 0 Å². The lowest BCUT2D eigenvalue weighted by atomic mass is 9.85. The summed E-state index contributed by atoms with van der Waals surface area (Å²) in [5, 5.41) is 10.8. The van der Waals surface area contributed by atoms with Gasteiger partial charge in [0.2, 0.25) is 0 Å². The minimum absolute atomic E-state index is 0.171. The van der Waals surface area contributed by atoms with Crippen molar-refractivity contribution in [3.63, 3.8) is 0 Å². The largest absolute Gasteiger partial charge is 0.446 e. The van der Waals surface area contributed by atoms with E-state index in [2.05, 4.69) is 0 Å². The van der Waals surface area contributed by atoms with Crippen LogP contribution in [0.2, 0.25) is 0 Å². The Bertz CT molecular complexity index is 712. The predicted octanol–water partition coefficient (Wildman–Crippen LogP) is 3.58. The van der Waals surface area contributed by atoms with Crippen LogP contribution in [-0.2, 0) is 15.9 Å². The maximum absolute atomic E-state index is 12.4. The number of nitrogens with zero attached hydrogens (tertiary/aromatic N) is 1. The van der Waals surface area contributed by atoms with E-state index in [1.54, 1.807) is 12.0 Å². The van der Waals surface area contributed by atoms with Crippen molar-refractivity contribution in [2.75, 3.05) is 26.8 Å². The number of carbonyl (C=O) groups excluding carboxylic acids is 1. The van der Waals surface area contributed by atoms with Gasteiger partial charge in [0.1, 0.15) is 12.7 Å². The average Bonchev–Trinajstić information content (AvgIpc) is 2.70. The van der Waals surface area contributed by atoms with Crippen molar-refractivity contribution in [3.05, 3.63) is 71.8 Å². The second-order valence-corrected chi connectivity index (χ2v) is 7.09. The number of aliphatic hydroxyl groups is 1. The Morgan fingerprint density at radius 2 is 1.67 bits per heavy atom. The van der Waals surface area contributed by atoms with Crippen LogP contribution in [0.25, 0.3) is 0 Å². The standard InChI is InChI=1S/C22H27NO4/c1-26-20(19-10-6-3-7-11-19)17-27-21(24)23-14-12-22(25,13-15-23)16-18-8-4-2-5-9-18/h2-11,20,25H,12-17H2,1H3. The monoisotopic (exact) mass is 369 g/mol. The third kappa shape index (κ3) is 5.31. The van der Waals surface area contributed by atoms with Gasteiger partial charge in [-0.3, -0.25) is 0 Å². The molecule has 0 aliphatic carbocycles. The molecule has 0 aromatic heterocycles. The molecule has 0 bridgehead atoms. The van der Waals surface area contributed by atoms with Crippen LogP contribution < -0.4 is 0 Å². The van der Waals surface area contributed by atoms with E-state index in [4.69, 9.17) is 9.47 Å². The molecule has 0 saturated carbocycles. The Morgan fingerprint density at radius 1 is 1.07 bits per heavy atom. The van der Waals surface area contributed by atoms with Crippen molar-refractivity contribution < 1.29 is 19.4 Å². The zero-order chi connectivity index (χ0) is 19.1. The van der Waals surface area contributed by atoms with E-state index in [9.17, 15) is 9.90 Å². The first-order chi connectivity index (χ1) is 13.1. The minimum Gasteiger partial charge on any atom is -0.446 e. The van der Waals surface area contributed by atoms with Crippen molar-refractivity contribution in [1.29, 1.82) is 0 Å². The Kier molecular flexibility index (Phi) is 6.48. The highest BCUT2D eigenvalue weighted by Gasteiger charge is 2.34. The zero-order valence-corrected chi connectivity index (χ0v) is 15.7. The van der Waals surface area contributed by atoms with Crippen LogP contribution in [0.5, 0.6) is 0 Å². The van der Waals surface area contributed by atoms with Crippen molar-refractivity contribution in [3.8, 4) is 0 Å². The van der Waals surface area contributed by atoms with Gasteiger partial charge in [-0.05, 0) is 24.0 Å². The van der Waals surface area contributed by atoms with Crippen LogP contribution in [0.1, 0.15) is 30.1 Å². The number of amides is 1. The summed E-state index contributed by atoms with van der Waals surface area (Å²) in [7, 11) is 1.61. The number of methoxy groups -OCH3 is 1. The molecule has 2 aromatic carbocycles. The van der Waals surface area contributed by atoms with Gasteiger partial charge in [-0.15, -0.1) is 0 Å². The number of rotatable bonds is 6. The lowest BCUT2D eigenvalue weighted by Gasteiger charge is -2.38. The first kappa shape index (κ1) is 19.4. The topological polar surface area (TPSA) is 59.0 Å². The summed E-state index contributed by atoms with van der Waals surface area (Å²) >= 11 is 0. The van der Waals surface area contributed by atoms with Crippen molar-refractivity contribution in [1.82, 2.24) is 4.90 Å². The lowest BCUT2D eigenvalue weighted by Crippen LogP contribution is -2.48. The Morgan fingerprint density at radius 3 is 2.26 bits per heavy atom. The molecular weight excluding hydrogens is 342 g/mol. The highest BCUT2D eigenvalue weighted by atomic mass is 16.6. The molecule has 1 fully saturated rings. The molecule has 1 saturated heterocycles. The summed E-state index contributed by atoms with van der Waals surface area (Å²) < 4.78 is 10.9. The van der Waals surface area contributed by atoms with Crippen LogP contribution in [0.3, 0.4) is 0 Å². The van der Waals surface area contributed by atoms with Crippen LogP contribution in [0.15, 0.2) is 60.7 Å². The van der Waals surface area contributed by atoms with Gasteiger partial charge in [0, 0.05) is 26.6 Å². The molecule has 3 rings (SSSR count). The molecule has 1 amide bonds. The average molecular weight is 369 g/mol. The van der Waals surface area contributed by atoms with Crippen LogP contribution in [0, 0.1) is 0 Å². The molecule has 1 aliphatic heterocycles. The van der Waals surface area contributed by atoms with Gasteiger partial charge in [-0.25, -0.2) is 4.79 Å². The molecular formula is C22H27NO4. The number of benzene rings is 2. The summed E-state index contributed by atoms with van der Waals surface area (Å²) in [6.45, 7) is 1.15. The minimum atomic E-state index is -0.767. The van der Waals surface area contributed by atoms with Gasteiger partial charge < -0.3 is 19.5 Å². The van der Waals surface area contributed by atoms with E-state index in [1.165, 1.54) is 0 Å². The van der Waals surface area contributed by atoms with Crippen molar-refractivity contribution >= 4 is 6.09 Å². The van der Waals surface area contributed by atoms with E-state index in [1.807, 2.05) is 60.7 Å². The molecule has 2 aromatic rings. The van der Waals surface area contributed by atoms with Crippen LogP contribution in [-0.4, -0.2) is 48.5 Å². The van der Waals surface area contributed by atoms with Gasteiger partial charge in [0.15, 0.2) is 0 Å². The molecule has 144 valence electrons. The normalized spacial score (nSPS) is 17.3. The van der Waals surface area contributed by atoms with E-state index in [-0.39, 0.29) is 18.8 Å². The zero-order valence-electron chi connectivity index (χ0n) is 15.7. The third-order valence-corrected chi connectivity index (χ3v) is 5.14. The fourth-order valence-electron chi connectivity index (χ4n) is 3.46. The molecule has 1 atom stereocenters. The molecule has 5 nitrogen and oxygen atoms in total. The second kappa shape index (κ2) is 9.02. The Balaban J connectivity index is 1.48. The van der Waals surface area contributed by atoms with Crippen molar-refractivity contribution in [2.45, 2.75) is 31.0 Å².